The second kappa shape index (κ2) is 9.51. The van der Waals surface area contributed by atoms with Crippen LogP contribution in [-0.2, 0) is 4.79 Å². The van der Waals surface area contributed by atoms with Gasteiger partial charge < -0.3 is 14.5 Å². The Balaban J connectivity index is 1.43. The first-order valence-corrected chi connectivity index (χ1v) is 9.26. The third kappa shape index (κ3) is 5.55. The molecule has 9 nitrogen and oxygen atoms in total. The van der Waals surface area contributed by atoms with Crippen LogP contribution in [0, 0.1) is 10.1 Å². The highest BCUT2D eigenvalue weighted by Gasteiger charge is 2.14. The molecule has 0 aliphatic rings. The molecule has 0 unspecified atom stereocenters. The second-order valence-electron chi connectivity index (χ2n) is 5.48. The Hall–Kier alpha value is -3.40. The number of carbonyl (C=O) groups excluding carboxylic acids is 1. The van der Waals surface area contributed by atoms with Crippen molar-refractivity contribution in [3.05, 3.63) is 64.7 Å². The predicted octanol–water partition coefficient (Wildman–Crippen LogP) is 2.93. The van der Waals surface area contributed by atoms with E-state index < -0.39 is 4.92 Å². The molecule has 2 aromatic carbocycles. The number of ether oxygens (including phenoxy) is 1. The number of hydrogen-bond acceptors (Lipinski definition) is 8. The van der Waals surface area contributed by atoms with Crippen LogP contribution in [0.2, 0.25) is 0 Å². The van der Waals surface area contributed by atoms with Crippen LogP contribution in [0.5, 0.6) is 5.75 Å². The van der Waals surface area contributed by atoms with Gasteiger partial charge in [0.15, 0.2) is 0 Å². The summed E-state index contributed by atoms with van der Waals surface area (Å²) in [7, 11) is 0. The van der Waals surface area contributed by atoms with E-state index in [-0.39, 0.29) is 28.5 Å². The topological polar surface area (TPSA) is 120 Å². The van der Waals surface area contributed by atoms with Crippen molar-refractivity contribution in [3.63, 3.8) is 0 Å². The van der Waals surface area contributed by atoms with Crippen molar-refractivity contribution in [1.82, 2.24) is 15.5 Å². The number of carbonyl (C=O) groups is 1. The smallest absolute Gasteiger partial charge is 0.277 e. The summed E-state index contributed by atoms with van der Waals surface area (Å²) in [6.45, 7) is 0.731. The summed E-state index contributed by atoms with van der Waals surface area (Å²) in [6.07, 6.45) is 0. The Kier molecular flexibility index (Phi) is 6.58. The van der Waals surface area contributed by atoms with Gasteiger partial charge >= 0.3 is 0 Å². The normalized spacial score (nSPS) is 10.4. The molecule has 0 radical (unpaired) electrons. The maximum absolute atomic E-state index is 11.9. The van der Waals surface area contributed by atoms with Crippen LogP contribution in [0.1, 0.15) is 0 Å². The van der Waals surface area contributed by atoms with E-state index in [0.29, 0.717) is 18.7 Å². The van der Waals surface area contributed by atoms with Crippen LogP contribution in [-0.4, -0.2) is 39.9 Å². The lowest BCUT2D eigenvalue weighted by molar-refractivity contribution is -0.384. The molecule has 1 N–H and O–H groups in total. The number of benzene rings is 2. The Morgan fingerprint density at radius 1 is 1.18 bits per heavy atom. The molecule has 3 rings (SSSR count). The molecule has 28 heavy (non-hydrogen) atoms. The molecule has 0 fully saturated rings. The molecule has 1 aromatic heterocycles. The summed E-state index contributed by atoms with van der Waals surface area (Å²) >= 11 is 1.08. The standard InChI is InChI=1S/C18H16N4O5S/c23-16(19-9-10-26-15-7-2-1-3-8-15)12-28-18-21-20-17(27-18)13-5-4-6-14(11-13)22(24)25/h1-8,11H,9-10,12H2,(H,19,23). The molecule has 0 atom stereocenters. The minimum Gasteiger partial charge on any atom is -0.492 e. The fraction of sp³-hybridized carbons (Fsp3) is 0.167. The Morgan fingerprint density at radius 2 is 2.00 bits per heavy atom. The van der Waals surface area contributed by atoms with Crippen molar-refractivity contribution in [2.24, 2.45) is 0 Å². The van der Waals surface area contributed by atoms with Crippen molar-refractivity contribution in [2.75, 3.05) is 18.9 Å². The summed E-state index contributed by atoms with van der Waals surface area (Å²) in [6, 6.07) is 15.2. The number of nitrogens with one attached hydrogen (secondary N) is 1. The summed E-state index contributed by atoms with van der Waals surface area (Å²) in [4.78, 5) is 22.2. The van der Waals surface area contributed by atoms with E-state index in [1.807, 2.05) is 30.3 Å². The van der Waals surface area contributed by atoms with Gasteiger partial charge in [0.25, 0.3) is 10.9 Å². The zero-order valence-corrected chi connectivity index (χ0v) is 15.4. The lowest BCUT2D eigenvalue weighted by Crippen LogP contribution is -2.29. The Morgan fingerprint density at radius 3 is 2.79 bits per heavy atom. The number of nitrogens with zero attached hydrogens (tertiary/aromatic N) is 3. The van der Waals surface area contributed by atoms with Gasteiger partial charge in [-0.1, -0.05) is 36.0 Å². The van der Waals surface area contributed by atoms with Gasteiger partial charge in [-0.2, -0.15) is 0 Å². The highest BCUT2D eigenvalue weighted by Crippen LogP contribution is 2.25. The number of aromatic nitrogens is 2. The van der Waals surface area contributed by atoms with E-state index in [0.717, 1.165) is 17.5 Å². The number of rotatable bonds is 9. The average molecular weight is 400 g/mol. The first-order chi connectivity index (χ1) is 13.6. The number of hydrogen-bond donors (Lipinski definition) is 1. The highest BCUT2D eigenvalue weighted by atomic mass is 32.2. The van der Waals surface area contributed by atoms with E-state index >= 15 is 0 Å². The third-order valence-corrected chi connectivity index (χ3v) is 4.29. The monoisotopic (exact) mass is 400 g/mol. The van der Waals surface area contributed by atoms with Gasteiger partial charge in [0.05, 0.1) is 17.2 Å². The summed E-state index contributed by atoms with van der Waals surface area (Å²) in [5, 5.41) is 21.5. The zero-order valence-electron chi connectivity index (χ0n) is 14.6. The first kappa shape index (κ1) is 19.4. The summed E-state index contributed by atoms with van der Waals surface area (Å²) < 4.78 is 10.9. The number of para-hydroxylation sites is 1. The Labute approximate surface area is 164 Å². The maximum atomic E-state index is 11.9. The SMILES string of the molecule is O=C(CSc1nnc(-c2cccc([N+](=O)[O-])c2)o1)NCCOc1ccccc1. The van der Waals surface area contributed by atoms with Crippen molar-refractivity contribution in [1.29, 1.82) is 0 Å². The Bertz CT molecular complexity index is 948. The van der Waals surface area contributed by atoms with Crippen LogP contribution in [0.4, 0.5) is 5.69 Å². The van der Waals surface area contributed by atoms with Crippen molar-refractivity contribution >= 4 is 23.4 Å². The van der Waals surface area contributed by atoms with Gasteiger partial charge in [-0.15, -0.1) is 10.2 Å². The highest BCUT2D eigenvalue weighted by molar-refractivity contribution is 7.99. The molecule has 0 saturated carbocycles. The predicted molar refractivity (Wildman–Crippen MR) is 102 cm³/mol. The van der Waals surface area contributed by atoms with E-state index in [1.165, 1.54) is 18.2 Å². The molecule has 1 amide bonds. The molecule has 0 bridgehead atoms. The largest absolute Gasteiger partial charge is 0.492 e. The minimum absolute atomic E-state index is 0.0676. The van der Waals surface area contributed by atoms with E-state index in [9.17, 15) is 14.9 Å². The molecule has 0 saturated heterocycles. The van der Waals surface area contributed by atoms with Crippen LogP contribution in [0.25, 0.3) is 11.5 Å². The lowest BCUT2D eigenvalue weighted by Gasteiger charge is -2.06. The van der Waals surface area contributed by atoms with Gasteiger partial charge in [0.1, 0.15) is 12.4 Å². The number of thioether (sulfide) groups is 1. The lowest BCUT2D eigenvalue weighted by atomic mass is 10.2. The molecule has 1 heterocycles. The van der Waals surface area contributed by atoms with Crippen LogP contribution < -0.4 is 10.1 Å². The van der Waals surface area contributed by atoms with E-state index in [1.54, 1.807) is 6.07 Å². The average Bonchev–Trinajstić information content (AvgIpc) is 3.20. The van der Waals surface area contributed by atoms with Gasteiger partial charge in [0.2, 0.25) is 11.8 Å². The summed E-state index contributed by atoms with van der Waals surface area (Å²) in [5.74, 6) is 0.798. The van der Waals surface area contributed by atoms with Gasteiger partial charge in [-0.25, -0.2) is 0 Å². The van der Waals surface area contributed by atoms with E-state index in [4.69, 9.17) is 9.15 Å². The number of non-ortho nitro benzene ring substituents is 1. The van der Waals surface area contributed by atoms with Crippen molar-refractivity contribution in [3.8, 4) is 17.2 Å². The summed E-state index contributed by atoms with van der Waals surface area (Å²) in [5.41, 5.74) is 0.373. The van der Waals surface area contributed by atoms with Crippen molar-refractivity contribution in [2.45, 2.75) is 5.22 Å². The molecule has 3 aromatic rings. The molecule has 0 aliphatic heterocycles. The second-order valence-corrected chi connectivity index (χ2v) is 6.41. The zero-order chi connectivity index (χ0) is 19.8. The maximum Gasteiger partial charge on any atom is 0.277 e. The molecule has 0 spiro atoms. The van der Waals surface area contributed by atoms with Crippen LogP contribution >= 0.6 is 11.8 Å². The minimum atomic E-state index is -0.499. The molecule has 144 valence electrons. The van der Waals surface area contributed by atoms with Crippen molar-refractivity contribution < 1.29 is 18.9 Å². The fourth-order valence-electron chi connectivity index (χ4n) is 2.19. The molecule has 10 heteroatoms. The van der Waals surface area contributed by atoms with Crippen LogP contribution in [0.3, 0.4) is 0 Å². The number of nitro benzene ring substituents is 1. The number of nitro groups is 1. The van der Waals surface area contributed by atoms with Gasteiger partial charge in [-0.3, -0.25) is 14.9 Å². The van der Waals surface area contributed by atoms with Gasteiger partial charge in [-0.05, 0) is 18.2 Å². The van der Waals surface area contributed by atoms with Gasteiger partial charge in [0, 0.05) is 17.7 Å². The fourth-order valence-corrected chi connectivity index (χ4v) is 2.78. The third-order valence-electron chi connectivity index (χ3n) is 3.47. The molecular weight excluding hydrogens is 384 g/mol. The first-order valence-electron chi connectivity index (χ1n) is 8.27. The quantitative estimate of drug-likeness (QED) is 0.252. The van der Waals surface area contributed by atoms with E-state index in [2.05, 4.69) is 15.5 Å². The molecular formula is C18H16N4O5S. The molecule has 0 aliphatic carbocycles. The van der Waals surface area contributed by atoms with Crippen LogP contribution in [0.15, 0.2) is 64.2 Å². The number of amides is 1.